The Morgan fingerprint density at radius 3 is 2.29 bits per heavy atom. The number of aliphatic hydroxyl groups is 3. The number of rotatable bonds is 5. The second-order valence-corrected chi connectivity index (χ2v) is 8.06. The Hall–Kier alpha value is -3.57. The van der Waals surface area contributed by atoms with Crippen LogP contribution >= 0.6 is 0 Å². The van der Waals surface area contributed by atoms with Crippen molar-refractivity contribution in [3.05, 3.63) is 48.0 Å². The first-order valence-corrected chi connectivity index (χ1v) is 10.4. The van der Waals surface area contributed by atoms with Crippen LogP contribution in [0.1, 0.15) is 17.3 Å². The molecule has 6 N–H and O–H groups in total. The van der Waals surface area contributed by atoms with Gasteiger partial charge in [-0.25, -0.2) is 4.79 Å². The largest absolute Gasteiger partial charge is 0.504 e. The predicted octanol–water partition coefficient (Wildman–Crippen LogP) is 1.83. The molecule has 0 unspecified atom stereocenters. The standard InChI is InChI=1S/C24H24O10/c1-10-20(27)21(28)22(29)24(33-10)34-19-9-15-12(8-18(19)32-2)5-13(23(30)31)6-14(15)11-3-4-16(25)17(26)7-11/h3-10,20-22,24-29H,1-2H3,(H,30,31)/t10-,20-,21+,22+,24-/m0/s1. The summed E-state index contributed by atoms with van der Waals surface area (Å²) in [6, 6.07) is 10.1. The number of aromatic carboxylic acids is 1. The molecule has 1 heterocycles. The van der Waals surface area contributed by atoms with Crippen LogP contribution in [0.5, 0.6) is 23.0 Å². The number of hydrogen-bond donors (Lipinski definition) is 6. The Balaban J connectivity index is 1.86. The molecule has 5 atom stereocenters. The van der Waals surface area contributed by atoms with Crippen molar-refractivity contribution in [3.8, 4) is 34.1 Å². The molecule has 3 aromatic rings. The highest BCUT2D eigenvalue weighted by Crippen LogP contribution is 2.41. The van der Waals surface area contributed by atoms with Crippen LogP contribution in [0.15, 0.2) is 42.5 Å². The fraction of sp³-hybridized carbons (Fsp3) is 0.292. The second kappa shape index (κ2) is 8.99. The summed E-state index contributed by atoms with van der Waals surface area (Å²) in [5.41, 5.74) is 0.843. The number of phenols is 2. The first-order chi connectivity index (χ1) is 16.1. The van der Waals surface area contributed by atoms with E-state index in [1.54, 1.807) is 12.1 Å². The van der Waals surface area contributed by atoms with Crippen LogP contribution in [0.3, 0.4) is 0 Å². The monoisotopic (exact) mass is 472 g/mol. The van der Waals surface area contributed by atoms with Crippen molar-refractivity contribution < 1.29 is 49.6 Å². The van der Waals surface area contributed by atoms with Crippen LogP contribution in [0, 0.1) is 0 Å². The fourth-order valence-corrected chi connectivity index (χ4v) is 3.91. The van der Waals surface area contributed by atoms with E-state index in [1.165, 1.54) is 44.4 Å². The van der Waals surface area contributed by atoms with Gasteiger partial charge in [-0.2, -0.15) is 0 Å². The van der Waals surface area contributed by atoms with Crippen molar-refractivity contribution in [2.75, 3.05) is 7.11 Å². The molecule has 0 saturated carbocycles. The maximum atomic E-state index is 11.7. The molecule has 10 heteroatoms. The van der Waals surface area contributed by atoms with E-state index >= 15 is 0 Å². The Labute approximate surface area is 193 Å². The molecule has 0 bridgehead atoms. The first kappa shape index (κ1) is 23.6. The first-order valence-electron chi connectivity index (χ1n) is 10.4. The van der Waals surface area contributed by atoms with E-state index in [0.29, 0.717) is 21.9 Å². The minimum Gasteiger partial charge on any atom is -0.504 e. The number of aliphatic hydroxyl groups excluding tert-OH is 3. The maximum absolute atomic E-state index is 11.7. The lowest BCUT2D eigenvalue weighted by Gasteiger charge is -2.39. The molecule has 0 aliphatic carbocycles. The van der Waals surface area contributed by atoms with Gasteiger partial charge < -0.3 is 44.8 Å². The maximum Gasteiger partial charge on any atom is 0.335 e. The lowest BCUT2D eigenvalue weighted by Crippen LogP contribution is -2.58. The molecule has 0 spiro atoms. The van der Waals surface area contributed by atoms with Gasteiger partial charge in [0.1, 0.15) is 18.3 Å². The Morgan fingerprint density at radius 1 is 0.912 bits per heavy atom. The summed E-state index contributed by atoms with van der Waals surface area (Å²) in [6.07, 6.45) is -6.47. The number of benzene rings is 3. The van der Waals surface area contributed by atoms with Crippen LogP contribution in [-0.4, -0.2) is 74.4 Å². The lowest BCUT2D eigenvalue weighted by atomic mass is 9.94. The highest BCUT2D eigenvalue weighted by molar-refractivity contribution is 6.04. The summed E-state index contributed by atoms with van der Waals surface area (Å²) in [7, 11) is 1.38. The van der Waals surface area contributed by atoms with Crippen molar-refractivity contribution in [1.29, 1.82) is 0 Å². The predicted molar refractivity (Wildman–Crippen MR) is 119 cm³/mol. The molecular weight excluding hydrogens is 448 g/mol. The molecule has 0 amide bonds. The van der Waals surface area contributed by atoms with E-state index in [2.05, 4.69) is 0 Å². The fourth-order valence-electron chi connectivity index (χ4n) is 3.91. The van der Waals surface area contributed by atoms with Crippen LogP contribution in [0.4, 0.5) is 0 Å². The molecule has 0 aromatic heterocycles. The van der Waals surface area contributed by atoms with Crippen LogP contribution in [-0.2, 0) is 4.74 Å². The Kier molecular flexibility index (Phi) is 6.24. The smallest absolute Gasteiger partial charge is 0.335 e. The molecule has 1 saturated heterocycles. The number of carbonyl (C=O) groups is 1. The summed E-state index contributed by atoms with van der Waals surface area (Å²) < 4.78 is 16.7. The average Bonchev–Trinajstić information content (AvgIpc) is 2.81. The average molecular weight is 472 g/mol. The molecule has 1 aliphatic heterocycles. The molecular formula is C24H24O10. The summed E-state index contributed by atoms with van der Waals surface area (Å²) in [5.74, 6) is -1.53. The molecule has 1 aliphatic rings. The second-order valence-electron chi connectivity index (χ2n) is 8.06. The molecule has 1 fully saturated rings. The van der Waals surface area contributed by atoms with Crippen molar-refractivity contribution in [1.82, 2.24) is 0 Å². The summed E-state index contributed by atoms with van der Waals surface area (Å²) in [6.45, 7) is 1.52. The third kappa shape index (κ3) is 4.19. The van der Waals surface area contributed by atoms with Gasteiger partial charge in [0.15, 0.2) is 23.0 Å². The third-order valence-corrected chi connectivity index (χ3v) is 5.82. The summed E-state index contributed by atoms with van der Waals surface area (Å²) in [4.78, 5) is 11.7. The van der Waals surface area contributed by atoms with Crippen LogP contribution in [0.2, 0.25) is 0 Å². The number of phenolic OH excluding ortho intramolecular Hbond substituents is 2. The van der Waals surface area contributed by atoms with Gasteiger partial charge >= 0.3 is 5.97 Å². The zero-order chi connectivity index (χ0) is 24.7. The van der Waals surface area contributed by atoms with E-state index in [0.717, 1.165) is 0 Å². The van der Waals surface area contributed by atoms with E-state index in [1.807, 2.05) is 0 Å². The van der Waals surface area contributed by atoms with Crippen LogP contribution < -0.4 is 9.47 Å². The number of carboxylic acids is 1. The SMILES string of the molecule is COc1cc2cc(C(=O)O)cc(-c3ccc(O)c(O)c3)c2cc1O[C@@H]1O[C@@H](C)[C@H](O)[C@@H](O)[C@H]1O. The van der Waals surface area contributed by atoms with Gasteiger partial charge in [0, 0.05) is 0 Å². The number of carboxylic acid groups (broad SMARTS) is 1. The van der Waals surface area contributed by atoms with Crippen LogP contribution in [0.25, 0.3) is 21.9 Å². The van der Waals surface area contributed by atoms with Gasteiger partial charge in [0.25, 0.3) is 0 Å². The van der Waals surface area contributed by atoms with Gasteiger partial charge in [-0.15, -0.1) is 0 Å². The van der Waals surface area contributed by atoms with E-state index < -0.39 is 36.7 Å². The topological polar surface area (TPSA) is 166 Å². The minimum atomic E-state index is -1.55. The lowest BCUT2D eigenvalue weighted by molar-refractivity contribution is -0.268. The highest BCUT2D eigenvalue weighted by Gasteiger charge is 2.43. The van der Waals surface area contributed by atoms with E-state index in [9.17, 15) is 35.4 Å². The number of fused-ring (bicyclic) bond motifs is 1. The molecule has 180 valence electrons. The van der Waals surface area contributed by atoms with Gasteiger partial charge in [0.05, 0.1) is 18.8 Å². The van der Waals surface area contributed by atoms with Crippen molar-refractivity contribution in [3.63, 3.8) is 0 Å². The van der Waals surface area contributed by atoms with Gasteiger partial charge in [-0.1, -0.05) is 6.07 Å². The van der Waals surface area contributed by atoms with Gasteiger partial charge in [0.2, 0.25) is 6.29 Å². The van der Waals surface area contributed by atoms with Crippen molar-refractivity contribution in [2.45, 2.75) is 37.6 Å². The Bertz CT molecular complexity index is 1240. The Morgan fingerprint density at radius 2 is 1.65 bits per heavy atom. The quantitative estimate of drug-likeness (QED) is 0.302. The molecule has 3 aromatic carbocycles. The molecule has 4 rings (SSSR count). The number of hydrogen-bond acceptors (Lipinski definition) is 9. The van der Waals surface area contributed by atoms with Gasteiger partial charge in [-0.3, -0.25) is 0 Å². The minimum absolute atomic E-state index is 0.0113. The van der Waals surface area contributed by atoms with E-state index in [-0.39, 0.29) is 28.6 Å². The van der Waals surface area contributed by atoms with Gasteiger partial charge in [-0.05, 0) is 65.2 Å². The summed E-state index contributed by atoms with van der Waals surface area (Å²) in [5, 5.41) is 60.6. The highest BCUT2D eigenvalue weighted by atomic mass is 16.7. The molecule has 0 radical (unpaired) electrons. The number of aromatic hydroxyl groups is 2. The molecule has 34 heavy (non-hydrogen) atoms. The number of methoxy groups -OCH3 is 1. The van der Waals surface area contributed by atoms with Crippen molar-refractivity contribution >= 4 is 16.7 Å². The third-order valence-electron chi connectivity index (χ3n) is 5.82. The summed E-state index contributed by atoms with van der Waals surface area (Å²) >= 11 is 0. The van der Waals surface area contributed by atoms with E-state index in [4.69, 9.17) is 14.2 Å². The number of ether oxygens (including phenoxy) is 3. The van der Waals surface area contributed by atoms with Crippen molar-refractivity contribution in [2.24, 2.45) is 0 Å². The normalized spacial score (nSPS) is 24.7. The molecule has 10 nitrogen and oxygen atoms in total. The zero-order valence-electron chi connectivity index (χ0n) is 18.2. The zero-order valence-corrected chi connectivity index (χ0v) is 18.2.